The fourth-order valence-corrected chi connectivity index (χ4v) is 3.00. The lowest BCUT2D eigenvalue weighted by molar-refractivity contribution is -0.145. The molecule has 0 amide bonds. The van der Waals surface area contributed by atoms with Crippen molar-refractivity contribution in [2.75, 3.05) is 40.4 Å². The molecular weight excluding hydrogens is 457 g/mol. The highest BCUT2D eigenvalue weighted by Gasteiger charge is 2.36. The molecule has 1 saturated heterocycles. The highest BCUT2D eigenvalue weighted by molar-refractivity contribution is 14.0. The third-order valence-electron chi connectivity index (χ3n) is 4.08. The second kappa shape index (κ2) is 10.7. The van der Waals surface area contributed by atoms with Gasteiger partial charge in [-0.25, -0.2) is 0 Å². The quantitative estimate of drug-likeness (QED) is 0.230. The Kier molecular flexibility index (Phi) is 9.34. The smallest absolute Gasteiger partial charge is 0.310 e. The number of methoxy groups -OCH3 is 1. The van der Waals surface area contributed by atoms with E-state index in [4.69, 9.17) is 21.1 Å². The van der Waals surface area contributed by atoms with Crippen LogP contribution in [0.25, 0.3) is 0 Å². The maximum Gasteiger partial charge on any atom is 0.310 e. The van der Waals surface area contributed by atoms with E-state index >= 15 is 0 Å². The molecule has 2 unspecified atom stereocenters. The van der Waals surface area contributed by atoms with E-state index in [-0.39, 0.29) is 41.8 Å². The van der Waals surface area contributed by atoms with Crippen LogP contribution in [0.15, 0.2) is 29.3 Å². The summed E-state index contributed by atoms with van der Waals surface area (Å²) < 4.78 is 10.5. The number of hydrogen-bond donors (Lipinski definition) is 1. The van der Waals surface area contributed by atoms with Crippen LogP contribution < -0.4 is 10.1 Å². The van der Waals surface area contributed by atoms with Gasteiger partial charge in [0, 0.05) is 25.2 Å². The topological polar surface area (TPSA) is 63.2 Å². The zero-order chi connectivity index (χ0) is 17.5. The molecule has 1 aromatic rings. The van der Waals surface area contributed by atoms with Gasteiger partial charge in [0.05, 0.1) is 19.6 Å². The van der Waals surface area contributed by atoms with Crippen LogP contribution in [0.3, 0.4) is 0 Å². The van der Waals surface area contributed by atoms with E-state index in [1.54, 1.807) is 19.2 Å². The Labute approximate surface area is 170 Å². The van der Waals surface area contributed by atoms with Gasteiger partial charge in [-0.1, -0.05) is 24.6 Å². The normalized spacial score (nSPS) is 20.0. The maximum absolute atomic E-state index is 11.8. The number of guanidine groups is 1. The number of ether oxygens (including phenoxy) is 2. The first-order chi connectivity index (χ1) is 11.5. The number of rotatable bonds is 5. The highest BCUT2D eigenvalue weighted by Crippen LogP contribution is 2.24. The molecule has 1 aromatic carbocycles. The molecular formula is C17H25ClIN3O3. The van der Waals surface area contributed by atoms with E-state index in [9.17, 15) is 4.79 Å². The minimum atomic E-state index is -0.162. The summed E-state index contributed by atoms with van der Waals surface area (Å²) in [5, 5.41) is 3.91. The average molecular weight is 482 g/mol. The summed E-state index contributed by atoms with van der Waals surface area (Å²) in [5.74, 6) is 1.46. The van der Waals surface area contributed by atoms with E-state index in [0.29, 0.717) is 24.7 Å². The third kappa shape index (κ3) is 6.22. The number of carbonyl (C=O) groups is 1. The fourth-order valence-electron chi connectivity index (χ4n) is 2.82. The van der Waals surface area contributed by atoms with Gasteiger partial charge in [-0.2, -0.15) is 0 Å². The summed E-state index contributed by atoms with van der Waals surface area (Å²) in [4.78, 5) is 18.1. The van der Waals surface area contributed by atoms with E-state index in [1.165, 1.54) is 7.11 Å². The first-order valence-electron chi connectivity index (χ1n) is 7.97. The fraction of sp³-hybridized carbons (Fsp3) is 0.529. The summed E-state index contributed by atoms with van der Waals surface area (Å²) >= 11 is 5.92. The molecule has 25 heavy (non-hydrogen) atoms. The van der Waals surface area contributed by atoms with E-state index in [2.05, 4.69) is 22.1 Å². The molecule has 1 aliphatic rings. The number of nitrogens with zero attached hydrogens (tertiary/aromatic N) is 2. The Hall–Kier alpha value is -1.22. The van der Waals surface area contributed by atoms with Gasteiger partial charge in [0.15, 0.2) is 5.96 Å². The zero-order valence-corrected chi connectivity index (χ0v) is 17.8. The SMILES string of the molecule is CN=C(NCCOc1cccc(Cl)c1)N1CC(C)C(C(=O)OC)C1.I. The number of nitrogens with one attached hydrogen (secondary N) is 1. The van der Waals surface area contributed by atoms with E-state index < -0.39 is 0 Å². The Bertz CT molecular complexity index is 600. The molecule has 0 aromatic heterocycles. The molecule has 1 N–H and O–H groups in total. The predicted octanol–water partition coefficient (Wildman–Crippen LogP) is 2.65. The Morgan fingerprint density at radius 1 is 1.44 bits per heavy atom. The van der Waals surface area contributed by atoms with Crippen molar-refractivity contribution in [3.05, 3.63) is 29.3 Å². The molecule has 2 atom stereocenters. The van der Waals surface area contributed by atoms with Crippen molar-refractivity contribution >= 4 is 47.5 Å². The number of hydrogen-bond acceptors (Lipinski definition) is 4. The largest absolute Gasteiger partial charge is 0.492 e. The van der Waals surface area contributed by atoms with Crippen LogP contribution in [-0.2, 0) is 9.53 Å². The molecule has 1 aliphatic heterocycles. The van der Waals surface area contributed by atoms with Gasteiger partial charge in [-0.05, 0) is 24.1 Å². The lowest BCUT2D eigenvalue weighted by Gasteiger charge is -2.21. The third-order valence-corrected chi connectivity index (χ3v) is 4.31. The summed E-state index contributed by atoms with van der Waals surface area (Å²) in [6.07, 6.45) is 0. The van der Waals surface area contributed by atoms with E-state index in [0.717, 1.165) is 18.3 Å². The molecule has 0 radical (unpaired) electrons. The molecule has 1 fully saturated rings. The highest BCUT2D eigenvalue weighted by atomic mass is 127. The van der Waals surface area contributed by atoms with Crippen molar-refractivity contribution in [3.8, 4) is 5.75 Å². The van der Waals surface area contributed by atoms with Crippen molar-refractivity contribution in [1.82, 2.24) is 10.2 Å². The van der Waals surface area contributed by atoms with Crippen LogP contribution >= 0.6 is 35.6 Å². The van der Waals surface area contributed by atoms with Gasteiger partial charge in [-0.3, -0.25) is 9.79 Å². The van der Waals surface area contributed by atoms with Crippen molar-refractivity contribution in [2.45, 2.75) is 6.92 Å². The standard InChI is InChI=1S/C17H24ClN3O3.HI/c1-12-10-21(11-15(12)16(22)23-3)17(19-2)20-7-8-24-14-6-4-5-13(18)9-14;/h4-6,9,12,15H,7-8,10-11H2,1-3H3,(H,19,20);1H. The van der Waals surface area contributed by atoms with Crippen molar-refractivity contribution in [3.63, 3.8) is 0 Å². The number of likely N-dealkylation sites (tertiary alicyclic amines) is 1. The van der Waals surface area contributed by atoms with Gasteiger partial charge in [0.2, 0.25) is 0 Å². The molecule has 8 heteroatoms. The van der Waals surface area contributed by atoms with Crippen LogP contribution in [0.1, 0.15) is 6.92 Å². The molecule has 0 spiro atoms. The van der Waals surface area contributed by atoms with Gasteiger partial charge in [-0.15, -0.1) is 24.0 Å². The van der Waals surface area contributed by atoms with Gasteiger partial charge < -0.3 is 19.7 Å². The minimum absolute atomic E-state index is 0. The molecule has 1 heterocycles. The average Bonchev–Trinajstić information content (AvgIpc) is 2.96. The van der Waals surface area contributed by atoms with Crippen LogP contribution in [-0.4, -0.2) is 57.2 Å². The minimum Gasteiger partial charge on any atom is -0.492 e. The molecule has 0 aliphatic carbocycles. The lowest BCUT2D eigenvalue weighted by atomic mass is 9.99. The maximum atomic E-state index is 11.8. The van der Waals surface area contributed by atoms with Gasteiger partial charge >= 0.3 is 5.97 Å². The second-order valence-corrected chi connectivity index (χ2v) is 6.23. The van der Waals surface area contributed by atoms with Crippen molar-refractivity contribution in [1.29, 1.82) is 0 Å². The summed E-state index contributed by atoms with van der Waals surface area (Å²) in [6.45, 7) is 4.53. The first kappa shape index (κ1) is 21.8. The van der Waals surface area contributed by atoms with Crippen LogP contribution in [0, 0.1) is 11.8 Å². The van der Waals surface area contributed by atoms with Crippen molar-refractivity contribution in [2.24, 2.45) is 16.8 Å². The van der Waals surface area contributed by atoms with Gasteiger partial charge in [0.1, 0.15) is 12.4 Å². The first-order valence-corrected chi connectivity index (χ1v) is 8.34. The second-order valence-electron chi connectivity index (χ2n) is 5.79. The summed E-state index contributed by atoms with van der Waals surface area (Å²) in [5.41, 5.74) is 0. The van der Waals surface area contributed by atoms with Crippen LogP contribution in [0.5, 0.6) is 5.75 Å². The molecule has 0 saturated carbocycles. The monoisotopic (exact) mass is 481 g/mol. The number of benzene rings is 1. The zero-order valence-electron chi connectivity index (χ0n) is 14.7. The lowest BCUT2D eigenvalue weighted by Crippen LogP contribution is -2.42. The van der Waals surface area contributed by atoms with Crippen LogP contribution in [0.4, 0.5) is 0 Å². The van der Waals surface area contributed by atoms with E-state index in [1.807, 2.05) is 12.1 Å². The molecule has 2 rings (SSSR count). The number of carbonyl (C=O) groups excluding carboxylic acids is 1. The predicted molar refractivity (Wildman–Crippen MR) is 110 cm³/mol. The number of aliphatic imine (C=N–C) groups is 1. The number of halogens is 2. The van der Waals surface area contributed by atoms with Crippen molar-refractivity contribution < 1.29 is 14.3 Å². The Morgan fingerprint density at radius 2 is 2.20 bits per heavy atom. The molecule has 140 valence electrons. The molecule has 0 bridgehead atoms. The summed E-state index contributed by atoms with van der Waals surface area (Å²) in [6, 6.07) is 7.30. The number of esters is 1. The molecule has 6 nitrogen and oxygen atoms in total. The summed E-state index contributed by atoms with van der Waals surface area (Å²) in [7, 11) is 3.16. The van der Waals surface area contributed by atoms with Crippen LogP contribution in [0.2, 0.25) is 5.02 Å². The Balaban J connectivity index is 0.00000312. The van der Waals surface area contributed by atoms with Gasteiger partial charge in [0.25, 0.3) is 0 Å². The Morgan fingerprint density at radius 3 is 2.84 bits per heavy atom.